The van der Waals surface area contributed by atoms with Crippen molar-refractivity contribution < 1.29 is 4.79 Å². The van der Waals surface area contributed by atoms with Gasteiger partial charge < -0.3 is 9.88 Å². The number of nitrogens with zero attached hydrogens (tertiary/aromatic N) is 3. The fourth-order valence-electron chi connectivity index (χ4n) is 2.98. The van der Waals surface area contributed by atoms with E-state index >= 15 is 0 Å². The molecular weight excluding hydrogens is 368 g/mol. The van der Waals surface area contributed by atoms with Crippen LogP contribution in [0.3, 0.4) is 0 Å². The van der Waals surface area contributed by atoms with Gasteiger partial charge in [0.25, 0.3) is 0 Å². The maximum Gasteiger partial charge on any atom is 0.234 e. The molecule has 0 aliphatic rings. The van der Waals surface area contributed by atoms with Gasteiger partial charge in [0.1, 0.15) is 5.82 Å². The van der Waals surface area contributed by atoms with Gasteiger partial charge in [-0.3, -0.25) is 4.79 Å². The highest BCUT2D eigenvalue weighted by molar-refractivity contribution is 7.99. The number of aryl methyl sites for hydroxylation is 4. The highest BCUT2D eigenvalue weighted by Gasteiger charge is 2.13. The molecule has 28 heavy (non-hydrogen) atoms. The van der Waals surface area contributed by atoms with Crippen LogP contribution in [0.25, 0.3) is 0 Å². The van der Waals surface area contributed by atoms with Crippen molar-refractivity contribution >= 4 is 23.4 Å². The van der Waals surface area contributed by atoms with Crippen LogP contribution in [0.4, 0.5) is 5.69 Å². The van der Waals surface area contributed by atoms with E-state index in [4.69, 9.17) is 0 Å². The molecule has 0 radical (unpaired) electrons. The van der Waals surface area contributed by atoms with Gasteiger partial charge in [0.2, 0.25) is 5.91 Å². The molecule has 146 valence electrons. The van der Waals surface area contributed by atoms with Crippen molar-refractivity contribution in [3.8, 4) is 0 Å². The molecule has 5 nitrogen and oxygen atoms in total. The van der Waals surface area contributed by atoms with E-state index in [1.807, 2.05) is 31.2 Å². The third-order valence-corrected chi connectivity index (χ3v) is 5.68. The molecule has 0 aliphatic carbocycles. The van der Waals surface area contributed by atoms with Crippen LogP contribution >= 0.6 is 11.8 Å². The van der Waals surface area contributed by atoms with Crippen LogP contribution in [-0.4, -0.2) is 26.4 Å². The Labute approximate surface area is 170 Å². The number of nitrogens with one attached hydrogen (secondary N) is 1. The number of anilines is 1. The fraction of sp³-hybridized carbons (Fsp3) is 0.318. The second-order valence-electron chi connectivity index (χ2n) is 6.76. The lowest BCUT2D eigenvalue weighted by molar-refractivity contribution is -0.113. The van der Waals surface area contributed by atoms with Crippen molar-refractivity contribution in [2.24, 2.45) is 0 Å². The number of benzene rings is 2. The Bertz CT molecular complexity index is 937. The first-order chi connectivity index (χ1) is 13.6. The van der Waals surface area contributed by atoms with Crippen LogP contribution in [0.2, 0.25) is 0 Å². The molecular formula is C22H26N4OS. The highest BCUT2D eigenvalue weighted by Crippen LogP contribution is 2.19. The lowest BCUT2D eigenvalue weighted by Crippen LogP contribution is -2.15. The average molecular weight is 395 g/mol. The summed E-state index contributed by atoms with van der Waals surface area (Å²) >= 11 is 1.43. The molecule has 3 rings (SSSR count). The normalized spacial score (nSPS) is 10.8. The van der Waals surface area contributed by atoms with Crippen molar-refractivity contribution in [2.75, 3.05) is 11.1 Å². The molecule has 1 N–H and O–H groups in total. The largest absolute Gasteiger partial charge is 0.325 e. The van der Waals surface area contributed by atoms with Crippen LogP contribution in [0.1, 0.15) is 29.4 Å². The molecule has 0 spiro atoms. The van der Waals surface area contributed by atoms with E-state index in [-0.39, 0.29) is 5.91 Å². The molecule has 1 aromatic heterocycles. The maximum absolute atomic E-state index is 12.3. The van der Waals surface area contributed by atoms with E-state index in [0.717, 1.165) is 36.1 Å². The van der Waals surface area contributed by atoms with E-state index in [2.05, 4.69) is 58.2 Å². The second-order valence-corrected chi connectivity index (χ2v) is 7.71. The first-order valence-electron chi connectivity index (χ1n) is 9.52. The third kappa shape index (κ3) is 5.23. The summed E-state index contributed by atoms with van der Waals surface area (Å²) in [5, 5.41) is 12.4. The van der Waals surface area contributed by atoms with Crippen molar-refractivity contribution in [3.63, 3.8) is 0 Å². The summed E-state index contributed by atoms with van der Waals surface area (Å²) in [5.41, 5.74) is 4.50. The van der Waals surface area contributed by atoms with E-state index in [0.29, 0.717) is 5.75 Å². The summed E-state index contributed by atoms with van der Waals surface area (Å²) in [6, 6.07) is 16.3. The van der Waals surface area contributed by atoms with E-state index in [1.165, 1.54) is 28.5 Å². The Kier molecular flexibility index (Phi) is 6.87. The number of hydrogen-bond acceptors (Lipinski definition) is 4. The Morgan fingerprint density at radius 2 is 1.82 bits per heavy atom. The average Bonchev–Trinajstić information content (AvgIpc) is 3.10. The van der Waals surface area contributed by atoms with Gasteiger partial charge in [-0.05, 0) is 56.0 Å². The minimum absolute atomic E-state index is 0.0373. The zero-order valence-electron chi connectivity index (χ0n) is 16.6. The first-order valence-corrected chi connectivity index (χ1v) is 10.5. The second kappa shape index (κ2) is 9.55. The van der Waals surface area contributed by atoms with Crippen molar-refractivity contribution in [3.05, 3.63) is 71.0 Å². The van der Waals surface area contributed by atoms with Gasteiger partial charge in [-0.1, -0.05) is 48.2 Å². The Hall–Kier alpha value is -2.60. The SMILES string of the molecule is CCn1c(CCc2ccccc2)nnc1SCC(=O)Nc1ccc(C)c(C)c1. The topological polar surface area (TPSA) is 59.8 Å². The Morgan fingerprint density at radius 1 is 1.04 bits per heavy atom. The van der Waals surface area contributed by atoms with Crippen LogP contribution in [0, 0.1) is 13.8 Å². The highest BCUT2D eigenvalue weighted by atomic mass is 32.2. The summed E-state index contributed by atoms with van der Waals surface area (Å²) in [7, 11) is 0. The molecule has 0 saturated carbocycles. The van der Waals surface area contributed by atoms with Gasteiger partial charge >= 0.3 is 0 Å². The van der Waals surface area contributed by atoms with Gasteiger partial charge in [0.15, 0.2) is 5.16 Å². The van der Waals surface area contributed by atoms with Gasteiger partial charge in [0, 0.05) is 18.7 Å². The summed E-state index contributed by atoms with van der Waals surface area (Å²) < 4.78 is 2.09. The summed E-state index contributed by atoms with van der Waals surface area (Å²) in [6.45, 7) is 6.97. The number of hydrogen-bond donors (Lipinski definition) is 1. The van der Waals surface area contributed by atoms with Crippen LogP contribution in [0.5, 0.6) is 0 Å². The summed E-state index contributed by atoms with van der Waals surface area (Å²) in [4.78, 5) is 12.3. The number of thioether (sulfide) groups is 1. The molecule has 0 bridgehead atoms. The zero-order chi connectivity index (χ0) is 19.9. The Balaban J connectivity index is 1.57. The predicted molar refractivity (Wildman–Crippen MR) is 115 cm³/mol. The summed E-state index contributed by atoms with van der Waals surface area (Å²) in [5.74, 6) is 1.23. The van der Waals surface area contributed by atoms with Gasteiger partial charge in [-0.25, -0.2) is 0 Å². The lowest BCUT2D eigenvalue weighted by atomic mass is 10.1. The molecule has 0 aliphatic heterocycles. The number of aromatic nitrogens is 3. The molecule has 1 heterocycles. The molecule has 2 aromatic carbocycles. The van der Waals surface area contributed by atoms with Gasteiger partial charge in [-0.2, -0.15) is 0 Å². The van der Waals surface area contributed by atoms with Crippen LogP contribution < -0.4 is 5.32 Å². The molecule has 0 saturated heterocycles. The van der Waals surface area contributed by atoms with Gasteiger partial charge in [0.05, 0.1) is 5.75 Å². The molecule has 1 amide bonds. The molecule has 0 atom stereocenters. The standard InChI is InChI=1S/C22H26N4OS/c1-4-26-20(13-11-18-8-6-5-7-9-18)24-25-22(26)28-15-21(27)23-19-12-10-16(2)17(3)14-19/h5-10,12,14H,4,11,13,15H2,1-3H3,(H,23,27). The fourth-order valence-corrected chi connectivity index (χ4v) is 3.80. The van der Waals surface area contributed by atoms with E-state index < -0.39 is 0 Å². The van der Waals surface area contributed by atoms with Crippen LogP contribution in [-0.2, 0) is 24.2 Å². The molecule has 6 heteroatoms. The lowest BCUT2D eigenvalue weighted by Gasteiger charge is -2.09. The molecule has 0 fully saturated rings. The minimum atomic E-state index is -0.0373. The van der Waals surface area contributed by atoms with E-state index in [1.54, 1.807) is 0 Å². The minimum Gasteiger partial charge on any atom is -0.325 e. The summed E-state index contributed by atoms with van der Waals surface area (Å²) in [6.07, 6.45) is 1.76. The molecule has 3 aromatic rings. The number of amides is 1. The number of carbonyl (C=O) groups excluding carboxylic acids is 1. The van der Waals surface area contributed by atoms with Crippen molar-refractivity contribution in [1.29, 1.82) is 0 Å². The first kappa shape index (κ1) is 20.1. The third-order valence-electron chi connectivity index (χ3n) is 4.71. The quantitative estimate of drug-likeness (QED) is 0.574. The van der Waals surface area contributed by atoms with Crippen molar-refractivity contribution in [2.45, 2.75) is 45.3 Å². The number of carbonyl (C=O) groups is 1. The smallest absolute Gasteiger partial charge is 0.234 e. The number of rotatable bonds is 8. The van der Waals surface area contributed by atoms with E-state index in [9.17, 15) is 4.79 Å². The maximum atomic E-state index is 12.3. The Morgan fingerprint density at radius 3 is 2.54 bits per heavy atom. The monoisotopic (exact) mass is 394 g/mol. The van der Waals surface area contributed by atoms with Gasteiger partial charge in [-0.15, -0.1) is 10.2 Å². The van der Waals surface area contributed by atoms with Crippen LogP contribution in [0.15, 0.2) is 53.7 Å². The molecule has 0 unspecified atom stereocenters. The van der Waals surface area contributed by atoms with Crippen molar-refractivity contribution in [1.82, 2.24) is 14.8 Å². The predicted octanol–water partition coefficient (Wildman–Crippen LogP) is 4.43. The zero-order valence-corrected chi connectivity index (χ0v) is 17.4.